The van der Waals surface area contributed by atoms with Gasteiger partial charge in [-0.05, 0) is 6.07 Å². The van der Waals surface area contributed by atoms with Crippen molar-refractivity contribution in [1.82, 2.24) is 0 Å². The normalized spacial score (nSPS) is 14.2. The van der Waals surface area contributed by atoms with Gasteiger partial charge in [0.2, 0.25) is 0 Å². The van der Waals surface area contributed by atoms with E-state index in [-0.39, 0.29) is 4.47 Å². The molecule has 7 heteroatoms. The average molecular weight is 311 g/mol. The number of hydrogen-bond donors (Lipinski definition) is 2. The van der Waals surface area contributed by atoms with Crippen molar-refractivity contribution in [1.29, 1.82) is 0 Å². The molecule has 1 rings (SSSR count). The monoisotopic (exact) mass is 310 g/mol. The van der Waals surface area contributed by atoms with E-state index in [0.29, 0.717) is 6.07 Å². The van der Waals surface area contributed by atoms with Crippen LogP contribution in [0.15, 0.2) is 16.6 Å². The van der Waals surface area contributed by atoms with Gasteiger partial charge in [-0.1, -0.05) is 15.9 Å². The van der Waals surface area contributed by atoms with E-state index in [0.717, 1.165) is 13.2 Å². The van der Waals surface area contributed by atoms with Gasteiger partial charge in [0.05, 0.1) is 7.11 Å². The summed E-state index contributed by atoms with van der Waals surface area (Å²) in [6.07, 6.45) is -3.80. The zero-order valence-corrected chi connectivity index (χ0v) is 10.2. The number of halogens is 3. The summed E-state index contributed by atoms with van der Waals surface area (Å²) in [5.41, 5.74) is -0.413. The van der Waals surface area contributed by atoms with Gasteiger partial charge in [-0.3, -0.25) is 0 Å². The molecule has 0 saturated carbocycles. The van der Waals surface area contributed by atoms with Crippen molar-refractivity contribution in [2.24, 2.45) is 0 Å². The summed E-state index contributed by atoms with van der Waals surface area (Å²) < 4.78 is 30.3. The second-order valence-electron chi connectivity index (χ2n) is 3.20. The van der Waals surface area contributed by atoms with Gasteiger partial charge in [0, 0.05) is 16.1 Å². The Labute approximate surface area is 104 Å². The van der Waals surface area contributed by atoms with Crippen molar-refractivity contribution in [3.63, 3.8) is 0 Å². The Morgan fingerprint density at radius 1 is 1.41 bits per heavy atom. The Hall–Kier alpha value is -1.05. The molecule has 0 radical (unpaired) electrons. The first-order valence-electron chi connectivity index (χ1n) is 4.47. The topological polar surface area (TPSA) is 66.8 Å². The average Bonchev–Trinajstić information content (AvgIpc) is 2.25. The Balaban J connectivity index is 3.12. The number of carbonyl (C=O) groups is 1. The first kappa shape index (κ1) is 14.0. The highest BCUT2D eigenvalue weighted by molar-refractivity contribution is 9.10. The third-order valence-corrected chi connectivity index (χ3v) is 2.74. The van der Waals surface area contributed by atoms with Crippen molar-refractivity contribution in [2.75, 3.05) is 7.11 Å². The van der Waals surface area contributed by atoms with Crippen molar-refractivity contribution in [3.8, 4) is 0 Å². The van der Waals surface area contributed by atoms with Gasteiger partial charge in [0.25, 0.3) is 0 Å². The number of esters is 1. The second-order valence-corrected chi connectivity index (χ2v) is 4.05. The zero-order chi connectivity index (χ0) is 13.2. The van der Waals surface area contributed by atoms with E-state index in [4.69, 9.17) is 0 Å². The quantitative estimate of drug-likeness (QED) is 0.826. The molecule has 0 saturated heterocycles. The minimum Gasteiger partial charge on any atom is -0.467 e. The van der Waals surface area contributed by atoms with Gasteiger partial charge in [-0.25, -0.2) is 13.6 Å². The lowest BCUT2D eigenvalue weighted by Crippen LogP contribution is -2.29. The van der Waals surface area contributed by atoms with Gasteiger partial charge in [-0.15, -0.1) is 0 Å². The van der Waals surface area contributed by atoms with E-state index < -0.39 is 35.4 Å². The Bertz CT molecular complexity index is 415. The lowest BCUT2D eigenvalue weighted by Gasteiger charge is -2.17. The van der Waals surface area contributed by atoms with E-state index in [1.807, 2.05) is 0 Å². The maximum atomic E-state index is 13.4. The molecule has 0 spiro atoms. The molecule has 0 aliphatic rings. The molecule has 0 aliphatic carbocycles. The molecule has 0 bridgehead atoms. The molecule has 4 nitrogen and oxygen atoms in total. The van der Waals surface area contributed by atoms with Crippen LogP contribution in [0.4, 0.5) is 8.78 Å². The molecule has 94 valence electrons. The number of ether oxygens (including phenoxy) is 1. The summed E-state index contributed by atoms with van der Waals surface area (Å²) in [7, 11) is 1.01. The predicted molar refractivity (Wildman–Crippen MR) is 57.0 cm³/mol. The van der Waals surface area contributed by atoms with Crippen LogP contribution in [0.3, 0.4) is 0 Å². The summed E-state index contributed by atoms with van der Waals surface area (Å²) >= 11 is 2.83. The first-order chi connectivity index (χ1) is 7.88. The van der Waals surface area contributed by atoms with Crippen LogP contribution in [-0.4, -0.2) is 29.4 Å². The fraction of sp³-hybridized carbons (Fsp3) is 0.300. The van der Waals surface area contributed by atoms with Crippen LogP contribution in [0.1, 0.15) is 11.7 Å². The van der Waals surface area contributed by atoms with E-state index in [9.17, 15) is 23.8 Å². The number of aliphatic hydroxyl groups excluding tert-OH is 2. The zero-order valence-electron chi connectivity index (χ0n) is 8.65. The maximum absolute atomic E-state index is 13.4. The summed E-state index contributed by atoms with van der Waals surface area (Å²) in [6.45, 7) is 0. The molecular formula is C10H9BrF2O4. The molecule has 2 unspecified atom stereocenters. The van der Waals surface area contributed by atoms with Crippen LogP contribution >= 0.6 is 15.9 Å². The first-order valence-corrected chi connectivity index (χ1v) is 5.26. The minimum absolute atomic E-state index is 0.0922. The summed E-state index contributed by atoms with van der Waals surface area (Å²) in [4.78, 5) is 11.0. The molecule has 0 aromatic heterocycles. The molecular weight excluding hydrogens is 302 g/mol. The smallest absolute Gasteiger partial charge is 0.337 e. The summed E-state index contributed by atoms with van der Waals surface area (Å²) in [5.74, 6) is -3.04. The van der Waals surface area contributed by atoms with E-state index in [2.05, 4.69) is 20.7 Å². The SMILES string of the molecule is COC(=O)C(O)C(O)c1c(F)cc(F)cc1Br. The van der Waals surface area contributed by atoms with Gasteiger partial charge < -0.3 is 14.9 Å². The predicted octanol–water partition coefficient (Wildman–Crippen LogP) is 1.29. The number of aliphatic hydroxyl groups is 2. The number of carbonyl (C=O) groups excluding carboxylic acids is 1. The van der Waals surface area contributed by atoms with Crippen molar-refractivity contribution >= 4 is 21.9 Å². The number of hydrogen-bond acceptors (Lipinski definition) is 4. The number of benzene rings is 1. The van der Waals surface area contributed by atoms with Gasteiger partial charge in [0.1, 0.15) is 17.7 Å². The van der Waals surface area contributed by atoms with E-state index in [1.54, 1.807) is 0 Å². The largest absolute Gasteiger partial charge is 0.467 e. The fourth-order valence-corrected chi connectivity index (χ4v) is 1.89. The van der Waals surface area contributed by atoms with Crippen LogP contribution in [0.2, 0.25) is 0 Å². The third-order valence-electron chi connectivity index (χ3n) is 2.08. The second kappa shape index (κ2) is 5.52. The Kier molecular flexibility index (Phi) is 4.55. The molecule has 0 amide bonds. The summed E-state index contributed by atoms with van der Waals surface area (Å²) in [6, 6.07) is 1.44. The van der Waals surface area contributed by atoms with Crippen LogP contribution < -0.4 is 0 Å². The fourth-order valence-electron chi connectivity index (χ4n) is 1.24. The lowest BCUT2D eigenvalue weighted by molar-refractivity contribution is -0.156. The standard InChI is InChI=1S/C10H9BrF2O4/c1-17-10(16)9(15)8(14)7-5(11)2-4(12)3-6(7)13/h2-3,8-9,14-15H,1H3. The van der Waals surface area contributed by atoms with Gasteiger partial charge in [-0.2, -0.15) is 0 Å². The minimum atomic E-state index is -1.95. The van der Waals surface area contributed by atoms with E-state index in [1.165, 1.54) is 0 Å². The number of methoxy groups -OCH3 is 1. The van der Waals surface area contributed by atoms with Crippen LogP contribution in [-0.2, 0) is 9.53 Å². The molecule has 2 N–H and O–H groups in total. The van der Waals surface area contributed by atoms with Crippen molar-refractivity contribution in [2.45, 2.75) is 12.2 Å². The van der Waals surface area contributed by atoms with Crippen LogP contribution in [0, 0.1) is 11.6 Å². The molecule has 2 atom stereocenters. The molecule has 0 fully saturated rings. The molecule has 0 heterocycles. The lowest BCUT2D eigenvalue weighted by atomic mass is 10.0. The highest BCUT2D eigenvalue weighted by Crippen LogP contribution is 2.29. The van der Waals surface area contributed by atoms with Crippen LogP contribution in [0.5, 0.6) is 0 Å². The highest BCUT2D eigenvalue weighted by Gasteiger charge is 2.30. The van der Waals surface area contributed by atoms with Gasteiger partial charge >= 0.3 is 5.97 Å². The number of rotatable bonds is 3. The Morgan fingerprint density at radius 3 is 2.47 bits per heavy atom. The molecule has 17 heavy (non-hydrogen) atoms. The van der Waals surface area contributed by atoms with Gasteiger partial charge in [0.15, 0.2) is 6.10 Å². The third kappa shape index (κ3) is 2.99. The van der Waals surface area contributed by atoms with Crippen molar-refractivity contribution in [3.05, 3.63) is 33.8 Å². The molecule has 1 aromatic carbocycles. The molecule has 1 aromatic rings. The highest BCUT2D eigenvalue weighted by atomic mass is 79.9. The van der Waals surface area contributed by atoms with Crippen LogP contribution in [0.25, 0.3) is 0 Å². The molecule has 0 aliphatic heterocycles. The van der Waals surface area contributed by atoms with Crippen molar-refractivity contribution < 1.29 is 28.5 Å². The Morgan fingerprint density at radius 2 is 2.00 bits per heavy atom. The summed E-state index contributed by atoms with van der Waals surface area (Å²) in [5, 5.41) is 19.0. The van der Waals surface area contributed by atoms with E-state index >= 15 is 0 Å². The maximum Gasteiger partial charge on any atom is 0.337 e.